The lowest BCUT2D eigenvalue weighted by atomic mass is 10.0. The quantitative estimate of drug-likeness (QED) is 0.814. The topological polar surface area (TPSA) is 57.3 Å². The van der Waals surface area contributed by atoms with Crippen molar-refractivity contribution in [3.05, 3.63) is 16.5 Å². The molecule has 0 spiro atoms. The van der Waals surface area contributed by atoms with Gasteiger partial charge in [0.1, 0.15) is 5.52 Å². The van der Waals surface area contributed by atoms with E-state index in [-0.39, 0.29) is 0 Å². The Bertz CT molecular complexity index is 710. The van der Waals surface area contributed by atoms with Crippen molar-refractivity contribution >= 4 is 28.5 Å². The first-order valence-corrected chi connectivity index (χ1v) is 8.14. The molecule has 2 aromatic rings. The highest BCUT2D eigenvalue weighted by Gasteiger charge is 2.28. The summed E-state index contributed by atoms with van der Waals surface area (Å²) >= 11 is 6.20. The molecular weight excluding hydrogens is 302 g/mol. The van der Waals surface area contributed by atoms with Crippen LogP contribution in [-0.2, 0) is 11.2 Å². The van der Waals surface area contributed by atoms with Crippen molar-refractivity contribution in [1.29, 1.82) is 0 Å². The number of hydrogen-bond acceptors (Lipinski definition) is 5. The van der Waals surface area contributed by atoms with E-state index in [0.717, 1.165) is 56.1 Å². The molecule has 6 nitrogen and oxygen atoms in total. The fourth-order valence-corrected chi connectivity index (χ4v) is 3.57. The number of likely N-dealkylation sites (N-methyl/N-ethyl adjacent to an activating group) is 1. The molecule has 7 heteroatoms. The first-order valence-electron chi connectivity index (χ1n) is 7.76. The van der Waals surface area contributed by atoms with E-state index in [0.29, 0.717) is 11.3 Å². The molecule has 1 atom stereocenters. The van der Waals surface area contributed by atoms with Gasteiger partial charge in [-0.2, -0.15) is 4.98 Å². The van der Waals surface area contributed by atoms with E-state index in [9.17, 15) is 0 Å². The van der Waals surface area contributed by atoms with Gasteiger partial charge >= 0.3 is 0 Å². The highest BCUT2D eigenvalue weighted by Crippen LogP contribution is 2.36. The third-order valence-electron chi connectivity index (χ3n) is 4.84. The average molecular weight is 322 g/mol. The molecule has 0 saturated carbocycles. The van der Waals surface area contributed by atoms with Crippen LogP contribution in [0.1, 0.15) is 24.2 Å². The van der Waals surface area contributed by atoms with E-state index in [4.69, 9.17) is 16.3 Å². The van der Waals surface area contributed by atoms with Crippen molar-refractivity contribution in [2.45, 2.75) is 19.4 Å². The summed E-state index contributed by atoms with van der Waals surface area (Å²) in [5, 5.41) is 0.322. The van der Waals surface area contributed by atoms with E-state index >= 15 is 0 Å². The number of aromatic nitrogens is 3. The second-order valence-corrected chi connectivity index (χ2v) is 6.40. The normalized spacial score (nSPS) is 23.0. The summed E-state index contributed by atoms with van der Waals surface area (Å²) in [6, 6.07) is 0.356. The van der Waals surface area contributed by atoms with Crippen LogP contribution in [0.4, 0.5) is 5.82 Å². The summed E-state index contributed by atoms with van der Waals surface area (Å²) in [5.74, 6) is 0.905. The van der Waals surface area contributed by atoms with Crippen LogP contribution in [-0.4, -0.2) is 59.7 Å². The molecule has 4 heterocycles. The minimum atomic E-state index is 0.322. The number of hydrogen-bond donors (Lipinski definition) is 1. The third-order valence-corrected chi connectivity index (χ3v) is 5.01. The van der Waals surface area contributed by atoms with E-state index in [1.165, 1.54) is 11.3 Å². The minimum absolute atomic E-state index is 0.322. The predicted octanol–water partition coefficient (Wildman–Crippen LogP) is 2.00. The SMILES string of the molecule is CC1c2[nH]c3c(N4CCOCC4)nc(Cl)nc3c2CCN1C. The number of halogens is 1. The monoisotopic (exact) mass is 321 g/mol. The summed E-state index contributed by atoms with van der Waals surface area (Å²) in [4.78, 5) is 17.2. The Kier molecular flexibility index (Phi) is 3.47. The second kappa shape index (κ2) is 5.37. The molecule has 2 aromatic heterocycles. The maximum atomic E-state index is 6.20. The Morgan fingerprint density at radius 2 is 2.00 bits per heavy atom. The molecule has 0 amide bonds. The number of nitrogens with zero attached hydrogens (tertiary/aromatic N) is 4. The molecule has 2 aliphatic rings. The molecule has 1 N–H and O–H groups in total. The zero-order valence-electron chi connectivity index (χ0n) is 12.9. The summed E-state index contributed by atoms with van der Waals surface area (Å²) in [5.41, 5.74) is 4.53. The van der Waals surface area contributed by atoms with Gasteiger partial charge in [0.15, 0.2) is 5.82 Å². The largest absolute Gasteiger partial charge is 0.378 e. The molecule has 1 saturated heterocycles. The maximum Gasteiger partial charge on any atom is 0.225 e. The number of aromatic amines is 1. The van der Waals surface area contributed by atoms with E-state index < -0.39 is 0 Å². The van der Waals surface area contributed by atoms with Gasteiger partial charge in [-0.3, -0.25) is 4.90 Å². The lowest BCUT2D eigenvalue weighted by Gasteiger charge is -2.29. The fraction of sp³-hybridized carbons (Fsp3) is 0.600. The van der Waals surface area contributed by atoms with Crippen molar-refractivity contribution in [1.82, 2.24) is 19.9 Å². The second-order valence-electron chi connectivity index (χ2n) is 6.06. The van der Waals surface area contributed by atoms with Crippen molar-refractivity contribution in [3.63, 3.8) is 0 Å². The highest BCUT2D eigenvalue weighted by atomic mass is 35.5. The van der Waals surface area contributed by atoms with Gasteiger partial charge in [-0.15, -0.1) is 0 Å². The number of ether oxygens (including phenoxy) is 1. The molecule has 4 rings (SSSR count). The van der Waals surface area contributed by atoms with Crippen LogP contribution in [0.3, 0.4) is 0 Å². The van der Waals surface area contributed by atoms with Crippen LogP contribution in [0, 0.1) is 0 Å². The van der Waals surface area contributed by atoms with Crippen LogP contribution >= 0.6 is 11.6 Å². The fourth-order valence-electron chi connectivity index (χ4n) is 3.41. The van der Waals surface area contributed by atoms with Crippen molar-refractivity contribution in [2.24, 2.45) is 0 Å². The molecule has 118 valence electrons. The lowest BCUT2D eigenvalue weighted by molar-refractivity contribution is 0.122. The number of rotatable bonds is 1. The Balaban J connectivity index is 1.89. The molecule has 1 unspecified atom stereocenters. The number of anilines is 1. The molecule has 0 radical (unpaired) electrons. The average Bonchev–Trinajstić information content (AvgIpc) is 2.90. The van der Waals surface area contributed by atoms with E-state index in [2.05, 4.69) is 38.7 Å². The van der Waals surface area contributed by atoms with Crippen LogP contribution in [0.5, 0.6) is 0 Å². The molecular formula is C15H20ClN5O. The number of morpholine rings is 1. The van der Waals surface area contributed by atoms with Gasteiger partial charge < -0.3 is 14.6 Å². The van der Waals surface area contributed by atoms with E-state index in [1.54, 1.807) is 0 Å². The maximum absolute atomic E-state index is 6.20. The summed E-state index contributed by atoms with van der Waals surface area (Å²) < 4.78 is 5.44. The Morgan fingerprint density at radius 3 is 2.77 bits per heavy atom. The standard InChI is InChI=1S/C15H20ClN5O/c1-9-11-10(3-4-20(9)2)12-13(17-11)14(19-15(16)18-12)21-5-7-22-8-6-21/h9,17H,3-8H2,1-2H3. The smallest absolute Gasteiger partial charge is 0.225 e. The van der Waals surface area contributed by atoms with Gasteiger partial charge in [0, 0.05) is 36.9 Å². The molecule has 0 aromatic carbocycles. The van der Waals surface area contributed by atoms with Crippen molar-refractivity contribution < 1.29 is 4.74 Å². The van der Waals surface area contributed by atoms with Gasteiger partial charge in [-0.25, -0.2) is 4.98 Å². The number of H-pyrrole nitrogens is 1. The minimum Gasteiger partial charge on any atom is -0.378 e. The first kappa shape index (κ1) is 14.2. The van der Waals surface area contributed by atoms with Crippen LogP contribution in [0.2, 0.25) is 5.28 Å². The first-order chi connectivity index (χ1) is 10.6. The predicted molar refractivity (Wildman–Crippen MR) is 86.7 cm³/mol. The van der Waals surface area contributed by atoms with Crippen LogP contribution in [0.25, 0.3) is 11.0 Å². The summed E-state index contributed by atoms with van der Waals surface area (Å²) in [7, 11) is 2.15. The van der Waals surface area contributed by atoms with Gasteiger partial charge in [0.25, 0.3) is 0 Å². The van der Waals surface area contributed by atoms with Gasteiger partial charge in [0.05, 0.1) is 18.7 Å². The molecule has 0 bridgehead atoms. The van der Waals surface area contributed by atoms with Gasteiger partial charge in [-0.1, -0.05) is 0 Å². The zero-order valence-corrected chi connectivity index (χ0v) is 13.7. The summed E-state index contributed by atoms with van der Waals surface area (Å²) in [6.45, 7) is 6.38. The molecule has 1 fully saturated rings. The van der Waals surface area contributed by atoms with Gasteiger partial charge in [-0.05, 0) is 32.0 Å². The lowest BCUT2D eigenvalue weighted by Crippen LogP contribution is -2.37. The summed E-state index contributed by atoms with van der Waals surface area (Å²) in [6.07, 6.45) is 0.992. The molecule has 22 heavy (non-hydrogen) atoms. The van der Waals surface area contributed by atoms with Crippen LogP contribution < -0.4 is 4.90 Å². The zero-order chi connectivity index (χ0) is 15.3. The van der Waals surface area contributed by atoms with Crippen LogP contribution in [0.15, 0.2) is 0 Å². The highest BCUT2D eigenvalue weighted by molar-refractivity contribution is 6.28. The van der Waals surface area contributed by atoms with Crippen molar-refractivity contribution in [2.75, 3.05) is 44.8 Å². The van der Waals surface area contributed by atoms with E-state index in [1.807, 2.05) is 0 Å². The number of nitrogens with one attached hydrogen (secondary N) is 1. The molecule has 0 aliphatic carbocycles. The Labute approximate surface area is 134 Å². The molecule has 2 aliphatic heterocycles. The number of fused-ring (bicyclic) bond motifs is 3. The Morgan fingerprint density at radius 1 is 1.23 bits per heavy atom. The Hall–Kier alpha value is -1.37. The third kappa shape index (κ3) is 2.17. The van der Waals surface area contributed by atoms with Crippen molar-refractivity contribution in [3.8, 4) is 0 Å². The van der Waals surface area contributed by atoms with Gasteiger partial charge in [0.2, 0.25) is 5.28 Å².